The molecule has 0 spiro atoms. The number of nitrogens with zero attached hydrogens (tertiary/aromatic N) is 1. The predicted molar refractivity (Wildman–Crippen MR) is 75.0 cm³/mol. The molecule has 3 nitrogen and oxygen atoms in total. The number of alkyl halides is 1. The molecule has 0 heterocycles. The number of ketones is 1. The van der Waals surface area contributed by atoms with Gasteiger partial charge in [-0.1, -0.05) is 35.4 Å². The quantitative estimate of drug-likeness (QED) is 0.412. The van der Waals surface area contributed by atoms with E-state index in [1.54, 1.807) is 0 Å². The van der Waals surface area contributed by atoms with E-state index in [0.717, 1.165) is 17.9 Å². The van der Waals surface area contributed by atoms with Crippen molar-refractivity contribution in [3.05, 3.63) is 23.8 Å². The zero-order valence-electron chi connectivity index (χ0n) is 10.9. The summed E-state index contributed by atoms with van der Waals surface area (Å²) in [5.41, 5.74) is -1.26. The Bertz CT molecular complexity index is 617. The number of amides is 1. The van der Waals surface area contributed by atoms with Crippen molar-refractivity contribution in [3.63, 3.8) is 0 Å². The first-order chi connectivity index (χ1) is 9.17. The molecule has 0 radical (unpaired) electrons. The number of carbonyl (C=O) groups excluding carboxylic acids is 2. The number of anilines is 1. The largest absolute Gasteiger partial charge is 0.316 e. The normalized spacial score (nSPS) is 15.0. The molecule has 1 aromatic carbocycles. The van der Waals surface area contributed by atoms with Gasteiger partial charge in [-0.2, -0.15) is 0 Å². The van der Waals surface area contributed by atoms with Crippen LogP contribution in [0, 0.1) is 0 Å². The van der Waals surface area contributed by atoms with Crippen LogP contribution in [0.5, 0.6) is 0 Å². The molecule has 0 aliphatic heterocycles. The van der Waals surface area contributed by atoms with Crippen molar-refractivity contribution in [1.29, 1.82) is 0 Å². The minimum absolute atomic E-state index is 0.0857. The first kappa shape index (κ1) is 17.9. The summed E-state index contributed by atoms with van der Waals surface area (Å²) in [4.78, 5) is 21.4. The Morgan fingerprint density at radius 3 is 2.10 bits per heavy atom. The molecular formula is C11H11BrF5NO2S. The first-order valence-corrected chi connectivity index (χ1v) is 8.46. The highest BCUT2D eigenvalue weighted by atomic mass is 79.9. The molecular weight excluding hydrogens is 385 g/mol. The minimum Gasteiger partial charge on any atom is -0.316 e. The zero-order valence-corrected chi connectivity index (χ0v) is 13.3. The maximum Gasteiger partial charge on any atom is 0.311 e. The molecule has 0 aliphatic rings. The molecule has 1 amide bonds. The fraction of sp³-hybridized carbons (Fsp3) is 0.273. The Kier molecular flexibility index (Phi) is 3.98. The maximum absolute atomic E-state index is 12.9. The van der Waals surface area contributed by atoms with Gasteiger partial charge in [0.2, 0.25) is 5.91 Å². The van der Waals surface area contributed by atoms with E-state index in [1.165, 1.54) is 7.05 Å². The van der Waals surface area contributed by atoms with Crippen LogP contribution in [0.25, 0.3) is 0 Å². The molecule has 0 saturated heterocycles. The summed E-state index contributed by atoms with van der Waals surface area (Å²) in [7, 11) is -8.75. The van der Waals surface area contributed by atoms with E-state index >= 15 is 0 Å². The number of rotatable bonds is 4. The number of carbonyl (C=O) groups is 2. The second-order valence-corrected chi connectivity index (χ2v) is 7.22. The van der Waals surface area contributed by atoms with Gasteiger partial charge in [-0.25, -0.2) is 0 Å². The SMILES string of the molecule is CC(=O)N(C)c1ccc(S(F)(F)(F)(F)F)c(C(=O)CBr)c1. The number of hydrogen-bond acceptors (Lipinski definition) is 2. The topological polar surface area (TPSA) is 37.4 Å². The number of Topliss-reactive ketones (excluding diaryl/α,β-unsaturated/α-hetero) is 1. The van der Waals surface area contributed by atoms with E-state index in [4.69, 9.17) is 0 Å². The molecule has 0 fully saturated rings. The van der Waals surface area contributed by atoms with Crippen molar-refractivity contribution in [1.82, 2.24) is 0 Å². The molecule has 21 heavy (non-hydrogen) atoms. The molecule has 0 aromatic heterocycles. The van der Waals surface area contributed by atoms with Gasteiger partial charge in [-0.3, -0.25) is 9.59 Å². The molecule has 10 heteroatoms. The Morgan fingerprint density at radius 1 is 1.19 bits per heavy atom. The Labute approximate surface area is 126 Å². The third-order valence-corrected chi connectivity index (χ3v) is 4.36. The molecule has 0 unspecified atom stereocenters. The molecule has 0 saturated carbocycles. The van der Waals surface area contributed by atoms with Crippen molar-refractivity contribution in [2.45, 2.75) is 11.8 Å². The van der Waals surface area contributed by atoms with E-state index in [9.17, 15) is 29.0 Å². The van der Waals surface area contributed by atoms with Crippen LogP contribution in [0.4, 0.5) is 25.1 Å². The molecule has 0 bridgehead atoms. The van der Waals surface area contributed by atoms with Crippen LogP contribution in [-0.4, -0.2) is 24.1 Å². The second-order valence-electron chi connectivity index (χ2n) is 4.28. The van der Waals surface area contributed by atoms with E-state index in [0.29, 0.717) is 6.07 Å². The third kappa shape index (κ3) is 4.16. The average molecular weight is 396 g/mol. The Morgan fingerprint density at radius 2 is 1.71 bits per heavy atom. The standard InChI is InChI=1S/C11H11BrF5NO2S/c1-7(19)18(2)8-3-4-11(21(13,14,15,16)17)9(5-8)10(20)6-12/h3-5H,6H2,1-2H3. The lowest BCUT2D eigenvalue weighted by atomic mass is 10.1. The molecule has 120 valence electrons. The third-order valence-electron chi connectivity index (χ3n) is 2.66. The van der Waals surface area contributed by atoms with Crippen molar-refractivity contribution in [2.75, 3.05) is 17.3 Å². The fourth-order valence-electron chi connectivity index (χ4n) is 1.53. The van der Waals surface area contributed by atoms with Crippen molar-refractivity contribution >= 4 is 43.5 Å². The summed E-state index contributed by atoms with van der Waals surface area (Å²) in [5.74, 6) is -1.68. The fourth-order valence-corrected chi connectivity index (χ4v) is 2.75. The lowest BCUT2D eigenvalue weighted by Crippen LogP contribution is -2.24. The van der Waals surface area contributed by atoms with Crippen molar-refractivity contribution in [3.8, 4) is 0 Å². The van der Waals surface area contributed by atoms with Gasteiger partial charge < -0.3 is 4.90 Å². The van der Waals surface area contributed by atoms with Crippen molar-refractivity contribution < 1.29 is 29.0 Å². The highest BCUT2D eigenvalue weighted by Crippen LogP contribution is 3.02. The minimum atomic E-state index is -10.0. The van der Waals surface area contributed by atoms with Gasteiger partial charge in [0, 0.05) is 25.2 Å². The number of benzene rings is 1. The number of hydrogen-bond donors (Lipinski definition) is 0. The van der Waals surface area contributed by atoms with Crippen LogP contribution in [0.2, 0.25) is 0 Å². The number of halogens is 6. The summed E-state index contributed by atoms with van der Waals surface area (Å²) in [6, 6.07) is 1.49. The maximum atomic E-state index is 12.9. The Balaban J connectivity index is 3.64. The van der Waals surface area contributed by atoms with Gasteiger partial charge in [-0.15, -0.1) is 0 Å². The summed E-state index contributed by atoms with van der Waals surface area (Å²) >= 11 is 2.65. The monoisotopic (exact) mass is 395 g/mol. The van der Waals surface area contributed by atoms with Gasteiger partial charge in [0.25, 0.3) is 0 Å². The second kappa shape index (κ2) is 4.67. The van der Waals surface area contributed by atoms with E-state index in [-0.39, 0.29) is 11.8 Å². The van der Waals surface area contributed by atoms with Gasteiger partial charge >= 0.3 is 10.2 Å². The van der Waals surface area contributed by atoms with Crippen LogP contribution in [-0.2, 0) is 4.79 Å². The lowest BCUT2D eigenvalue weighted by Gasteiger charge is -2.41. The smallest absolute Gasteiger partial charge is 0.311 e. The van der Waals surface area contributed by atoms with E-state index < -0.39 is 37.7 Å². The highest BCUT2D eigenvalue weighted by molar-refractivity contribution is 9.09. The average Bonchev–Trinajstić information content (AvgIpc) is 2.33. The van der Waals surface area contributed by atoms with Crippen LogP contribution in [0.1, 0.15) is 17.3 Å². The van der Waals surface area contributed by atoms with Gasteiger partial charge in [-0.05, 0) is 18.2 Å². The highest BCUT2D eigenvalue weighted by Gasteiger charge is 2.66. The van der Waals surface area contributed by atoms with Crippen LogP contribution >= 0.6 is 26.2 Å². The van der Waals surface area contributed by atoms with Gasteiger partial charge in [0.1, 0.15) is 4.90 Å². The van der Waals surface area contributed by atoms with Crippen LogP contribution in [0.3, 0.4) is 0 Å². The first-order valence-electron chi connectivity index (χ1n) is 5.39. The van der Waals surface area contributed by atoms with E-state index in [2.05, 4.69) is 15.9 Å². The summed E-state index contributed by atoms with van der Waals surface area (Å²) in [5, 5.41) is -0.554. The van der Waals surface area contributed by atoms with Crippen LogP contribution < -0.4 is 4.90 Å². The zero-order chi connectivity index (χ0) is 16.7. The summed E-state index contributed by atoms with van der Waals surface area (Å²) in [6.07, 6.45) is 0. The van der Waals surface area contributed by atoms with Gasteiger partial charge in [0.15, 0.2) is 5.78 Å². The Hall–Kier alpha value is -1.16. The molecule has 1 rings (SSSR count). The van der Waals surface area contributed by atoms with Crippen LogP contribution in [0.15, 0.2) is 23.1 Å². The van der Waals surface area contributed by atoms with Gasteiger partial charge in [0.05, 0.1) is 5.33 Å². The molecule has 0 aliphatic carbocycles. The summed E-state index contributed by atoms with van der Waals surface area (Å²) < 4.78 is 64.7. The lowest BCUT2D eigenvalue weighted by molar-refractivity contribution is -0.116. The summed E-state index contributed by atoms with van der Waals surface area (Å²) in [6.45, 7) is 1.14. The molecule has 0 N–H and O–H groups in total. The van der Waals surface area contributed by atoms with Crippen molar-refractivity contribution in [2.24, 2.45) is 0 Å². The predicted octanol–water partition coefficient (Wildman–Crippen LogP) is 4.90. The molecule has 1 aromatic rings. The molecule has 0 atom stereocenters. The van der Waals surface area contributed by atoms with E-state index in [1.807, 2.05) is 0 Å².